The molecule has 2 aliphatic rings. The summed E-state index contributed by atoms with van der Waals surface area (Å²) in [6, 6.07) is 0. The highest BCUT2D eigenvalue weighted by molar-refractivity contribution is 5.73. The molecule has 22 heavy (non-hydrogen) atoms. The third kappa shape index (κ3) is 7.45. The van der Waals surface area contributed by atoms with Crippen molar-refractivity contribution in [3.8, 4) is 0 Å². The Morgan fingerprint density at radius 3 is 1.36 bits per heavy atom. The lowest BCUT2D eigenvalue weighted by Gasteiger charge is -2.39. The molecule has 2 fully saturated rings. The molecule has 0 unspecified atom stereocenters. The predicted octanol–water partition coefficient (Wildman–Crippen LogP) is 0.978. The van der Waals surface area contributed by atoms with Gasteiger partial charge in [0.15, 0.2) is 0 Å². The molecular formula is C10H14F6N2O4. The van der Waals surface area contributed by atoms with E-state index in [1.807, 2.05) is 0 Å². The van der Waals surface area contributed by atoms with Gasteiger partial charge in [-0.1, -0.05) is 0 Å². The van der Waals surface area contributed by atoms with Crippen LogP contribution in [0.1, 0.15) is 12.8 Å². The summed E-state index contributed by atoms with van der Waals surface area (Å²) in [4.78, 5) is 17.8. The van der Waals surface area contributed by atoms with Gasteiger partial charge in [0, 0.05) is 18.6 Å². The highest BCUT2D eigenvalue weighted by Crippen LogP contribution is 2.22. The standard InChI is InChI=1S/C6H12N2.2C2HF3O2/c1-2-6(8-3-1)4-7-5-6;2*3-2(4,5)1(6)7/h7-8H,1-5H2;2*(H,6,7). The minimum atomic E-state index is -5.08. The second-order valence-corrected chi connectivity index (χ2v) is 4.52. The van der Waals surface area contributed by atoms with Gasteiger partial charge in [0.25, 0.3) is 0 Å². The number of alkyl halides is 6. The Morgan fingerprint density at radius 1 is 0.909 bits per heavy atom. The smallest absolute Gasteiger partial charge is 0.475 e. The minimum Gasteiger partial charge on any atom is -0.475 e. The second kappa shape index (κ2) is 7.63. The Kier molecular flexibility index (Phi) is 7.09. The fraction of sp³-hybridized carbons (Fsp3) is 0.800. The largest absolute Gasteiger partial charge is 0.490 e. The molecule has 0 bridgehead atoms. The Bertz CT molecular complexity index is 360. The highest BCUT2D eigenvalue weighted by Gasteiger charge is 2.39. The molecule has 0 atom stereocenters. The van der Waals surface area contributed by atoms with Crippen LogP contribution in [-0.4, -0.2) is 59.7 Å². The number of aliphatic carboxylic acids is 2. The van der Waals surface area contributed by atoms with Gasteiger partial charge in [0.1, 0.15) is 0 Å². The summed E-state index contributed by atoms with van der Waals surface area (Å²) in [6.45, 7) is 3.64. The van der Waals surface area contributed by atoms with Crippen LogP contribution in [0.25, 0.3) is 0 Å². The van der Waals surface area contributed by atoms with E-state index >= 15 is 0 Å². The lowest BCUT2D eigenvalue weighted by Crippen LogP contribution is -2.64. The zero-order valence-electron chi connectivity index (χ0n) is 11.0. The molecule has 2 heterocycles. The fourth-order valence-corrected chi connectivity index (χ4v) is 1.60. The number of halogens is 6. The number of carboxylic acid groups (broad SMARTS) is 2. The Morgan fingerprint density at radius 2 is 1.27 bits per heavy atom. The third-order valence-electron chi connectivity index (χ3n) is 2.74. The van der Waals surface area contributed by atoms with Crippen molar-refractivity contribution >= 4 is 11.9 Å². The van der Waals surface area contributed by atoms with Crippen molar-refractivity contribution < 1.29 is 46.1 Å². The number of nitrogens with one attached hydrogen (secondary N) is 2. The van der Waals surface area contributed by atoms with Gasteiger partial charge in [-0.3, -0.25) is 0 Å². The van der Waals surface area contributed by atoms with Crippen molar-refractivity contribution in [1.82, 2.24) is 10.6 Å². The van der Waals surface area contributed by atoms with E-state index in [0.717, 1.165) is 0 Å². The van der Waals surface area contributed by atoms with Gasteiger partial charge < -0.3 is 20.8 Å². The average Bonchev–Trinajstić information content (AvgIpc) is 2.76. The SMILES string of the molecule is C1CNC2(C1)CNC2.O=C(O)C(F)(F)F.O=C(O)C(F)(F)F. The van der Waals surface area contributed by atoms with Crippen molar-refractivity contribution in [3.63, 3.8) is 0 Å². The molecule has 2 rings (SSSR count). The third-order valence-corrected chi connectivity index (χ3v) is 2.74. The summed E-state index contributed by atoms with van der Waals surface area (Å²) < 4.78 is 63.5. The van der Waals surface area contributed by atoms with Gasteiger partial charge in [0.2, 0.25) is 0 Å². The summed E-state index contributed by atoms with van der Waals surface area (Å²) in [6.07, 6.45) is -7.40. The van der Waals surface area contributed by atoms with Crippen LogP contribution in [0.5, 0.6) is 0 Å². The van der Waals surface area contributed by atoms with E-state index < -0.39 is 24.3 Å². The number of rotatable bonds is 0. The number of carboxylic acids is 2. The minimum absolute atomic E-state index is 0.556. The molecule has 4 N–H and O–H groups in total. The summed E-state index contributed by atoms with van der Waals surface area (Å²) in [7, 11) is 0. The topological polar surface area (TPSA) is 98.7 Å². The van der Waals surface area contributed by atoms with E-state index in [-0.39, 0.29) is 0 Å². The fourth-order valence-electron chi connectivity index (χ4n) is 1.60. The lowest BCUT2D eigenvalue weighted by atomic mass is 9.91. The van der Waals surface area contributed by atoms with E-state index in [0.29, 0.717) is 5.54 Å². The highest BCUT2D eigenvalue weighted by atomic mass is 19.4. The lowest BCUT2D eigenvalue weighted by molar-refractivity contribution is -0.193. The van der Waals surface area contributed by atoms with Crippen LogP contribution in [0, 0.1) is 0 Å². The normalized spacial score (nSPS) is 19.2. The van der Waals surface area contributed by atoms with E-state index in [1.54, 1.807) is 0 Å². The quantitative estimate of drug-likeness (QED) is 0.491. The molecule has 2 aliphatic heterocycles. The van der Waals surface area contributed by atoms with Crippen LogP contribution in [0.2, 0.25) is 0 Å². The molecule has 2 saturated heterocycles. The summed E-state index contributed by atoms with van der Waals surface area (Å²) in [5.74, 6) is -5.51. The molecule has 0 aromatic heterocycles. The van der Waals surface area contributed by atoms with Crippen LogP contribution in [0.3, 0.4) is 0 Å². The van der Waals surface area contributed by atoms with Gasteiger partial charge >= 0.3 is 24.3 Å². The van der Waals surface area contributed by atoms with Crippen LogP contribution < -0.4 is 10.6 Å². The first-order valence-electron chi connectivity index (χ1n) is 5.86. The maximum absolute atomic E-state index is 10.6. The van der Waals surface area contributed by atoms with Crippen molar-refractivity contribution in [2.45, 2.75) is 30.7 Å². The molecule has 0 saturated carbocycles. The van der Waals surface area contributed by atoms with Gasteiger partial charge in [0.05, 0.1) is 0 Å². The van der Waals surface area contributed by atoms with Crippen LogP contribution in [0.15, 0.2) is 0 Å². The van der Waals surface area contributed by atoms with E-state index in [1.165, 1.54) is 32.5 Å². The van der Waals surface area contributed by atoms with Crippen LogP contribution in [0.4, 0.5) is 26.3 Å². The molecule has 130 valence electrons. The molecular weight excluding hydrogens is 326 g/mol. The molecule has 6 nitrogen and oxygen atoms in total. The van der Waals surface area contributed by atoms with Gasteiger partial charge in [-0.2, -0.15) is 26.3 Å². The van der Waals surface area contributed by atoms with E-state index in [4.69, 9.17) is 19.8 Å². The molecule has 1 spiro atoms. The van der Waals surface area contributed by atoms with Crippen LogP contribution in [-0.2, 0) is 9.59 Å². The first-order chi connectivity index (χ1) is 9.80. The summed E-state index contributed by atoms with van der Waals surface area (Å²) >= 11 is 0. The van der Waals surface area contributed by atoms with Crippen LogP contribution >= 0.6 is 0 Å². The first kappa shape index (κ1) is 20.4. The molecule has 0 radical (unpaired) electrons. The second-order valence-electron chi connectivity index (χ2n) is 4.52. The summed E-state index contributed by atoms with van der Waals surface area (Å²) in [5.41, 5.74) is 0.556. The predicted molar refractivity (Wildman–Crippen MR) is 60.2 cm³/mol. The maximum atomic E-state index is 10.6. The van der Waals surface area contributed by atoms with Crippen molar-refractivity contribution in [3.05, 3.63) is 0 Å². The van der Waals surface area contributed by atoms with E-state index in [2.05, 4.69) is 10.6 Å². The zero-order valence-corrected chi connectivity index (χ0v) is 11.0. The van der Waals surface area contributed by atoms with Crippen molar-refractivity contribution in [1.29, 1.82) is 0 Å². The molecule has 0 aliphatic carbocycles. The molecule has 0 amide bonds. The number of hydrogen-bond donors (Lipinski definition) is 4. The summed E-state index contributed by atoms with van der Waals surface area (Å²) in [5, 5.41) is 21.0. The monoisotopic (exact) mass is 340 g/mol. The Labute approximate surface area is 120 Å². The molecule has 0 aromatic rings. The van der Waals surface area contributed by atoms with E-state index in [9.17, 15) is 26.3 Å². The van der Waals surface area contributed by atoms with Crippen molar-refractivity contribution in [2.75, 3.05) is 19.6 Å². The average molecular weight is 340 g/mol. The van der Waals surface area contributed by atoms with Crippen molar-refractivity contribution in [2.24, 2.45) is 0 Å². The molecule has 12 heteroatoms. The first-order valence-corrected chi connectivity index (χ1v) is 5.86. The number of carbonyl (C=O) groups is 2. The number of hydrogen-bond acceptors (Lipinski definition) is 4. The Hall–Kier alpha value is -1.56. The molecule has 0 aromatic carbocycles. The van der Waals surface area contributed by atoms with Gasteiger partial charge in [-0.05, 0) is 19.4 Å². The Balaban J connectivity index is 0.000000303. The van der Waals surface area contributed by atoms with Gasteiger partial charge in [-0.25, -0.2) is 9.59 Å². The maximum Gasteiger partial charge on any atom is 0.490 e. The van der Waals surface area contributed by atoms with Gasteiger partial charge in [-0.15, -0.1) is 0 Å². The zero-order chi connectivity index (χ0) is 17.6.